The number of fused-ring (bicyclic) bond motifs is 2. The molecular formula is C14H25N5. The van der Waals surface area contributed by atoms with E-state index >= 15 is 0 Å². The van der Waals surface area contributed by atoms with Crippen molar-refractivity contribution in [1.29, 1.82) is 0 Å². The van der Waals surface area contributed by atoms with Gasteiger partial charge in [0.15, 0.2) is 5.82 Å². The van der Waals surface area contributed by atoms with Gasteiger partial charge in [0, 0.05) is 25.2 Å². The van der Waals surface area contributed by atoms with Gasteiger partial charge in [-0.25, -0.2) is 4.98 Å². The molecule has 5 nitrogen and oxygen atoms in total. The van der Waals surface area contributed by atoms with E-state index in [9.17, 15) is 0 Å². The summed E-state index contributed by atoms with van der Waals surface area (Å²) in [5, 5.41) is 8.12. The van der Waals surface area contributed by atoms with Gasteiger partial charge in [-0.3, -0.25) is 9.58 Å². The Hall–Kier alpha value is -0.940. The van der Waals surface area contributed by atoms with Gasteiger partial charge in [-0.05, 0) is 38.6 Å². The van der Waals surface area contributed by atoms with E-state index in [4.69, 9.17) is 0 Å². The molecule has 2 atom stereocenters. The molecule has 19 heavy (non-hydrogen) atoms. The van der Waals surface area contributed by atoms with Gasteiger partial charge in [0.05, 0.1) is 6.54 Å². The van der Waals surface area contributed by atoms with Gasteiger partial charge in [-0.15, -0.1) is 0 Å². The average molecular weight is 263 g/mol. The van der Waals surface area contributed by atoms with Crippen LogP contribution < -0.4 is 5.32 Å². The molecule has 2 saturated heterocycles. The average Bonchev–Trinajstić information content (AvgIpc) is 2.89. The van der Waals surface area contributed by atoms with Crippen LogP contribution in [0.5, 0.6) is 0 Å². The normalized spacial score (nSPS) is 30.9. The maximum Gasteiger partial charge on any atom is 0.164 e. The Kier molecular flexibility index (Phi) is 3.84. The van der Waals surface area contributed by atoms with Crippen LogP contribution in [0.1, 0.15) is 44.9 Å². The highest BCUT2D eigenvalue weighted by molar-refractivity contribution is 4.99. The minimum absolute atomic E-state index is 0.727. The summed E-state index contributed by atoms with van der Waals surface area (Å²) in [5.41, 5.74) is 0. The predicted molar refractivity (Wildman–Crippen MR) is 74.7 cm³/mol. The van der Waals surface area contributed by atoms with Crippen LogP contribution in [0.15, 0.2) is 6.33 Å². The third-order valence-corrected chi connectivity index (χ3v) is 4.54. The van der Waals surface area contributed by atoms with Crippen molar-refractivity contribution in [2.45, 2.75) is 63.7 Å². The van der Waals surface area contributed by atoms with Crippen LogP contribution in [0.3, 0.4) is 0 Å². The second-order valence-corrected chi connectivity index (χ2v) is 6.01. The molecule has 1 N–H and O–H groups in total. The first-order chi connectivity index (χ1) is 9.26. The minimum Gasteiger partial charge on any atom is -0.314 e. The standard InChI is InChI=1S/C14H25N5/c1-3-6-15-11-7-12-4-5-13(8-11)19(12)9-14-16-10-18(2)17-14/h10-13,15H,3-9H2,1-2H3. The summed E-state index contributed by atoms with van der Waals surface area (Å²) in [7, 11) is 1.94. The van der Waals surface area contributed by atoms with Crippen LogP contribution in [0, 0.1) is 0 Å². The van der Waals surface area contributed by atoms with Crippen molar-refractivity contribution in [3.8, 4) is 0 Å². The van der Waals surface area contributed by atoms with E-state index in [0.717, 1.165) is 37.0 Å². The topological polar surface area (TPSA) is 46.0 Å². The Morgan fingerprint density at radius 2 is 2.05 bits per heavy atom. The SMILES string of the molecule is CCCNC1CC2CCC(C1)N2Cc1ncn(C)n1. The van der Waals surface area contributed by atoms with Crippen molar-refractivity contribution < 1.29 is 0 Å². The first-order valence-corrected chi connectivity index (χ1v) is 7.60. The van der Waals surface area contributed by atoms with E-state index in [0.29, 0.717) is 0 Å². The Labute approximate surface area is 115 Å². The first kappa shape index (κ1) is 13.1. The second-order valence-electron chi connectivity index (χ2n) is 6.01. The summed E-state index contributed by atoms with van der Waals surface area (Å²) in [5.74, 6) is 0.972. The second kappa shape index (κ2) is 5.59. The zero-order chi connectivity index (χ0) is 13.2. The third kappa shape index (κ3) is 2.82. The van der Waals surface area contributed by atoms with Gasteiger partial charge < -0.3 is 5.32 Å². The zero-order valence-electron chi connectivity index (χ0n) is 12.0. The largest absolute Gasteiger partial charge is 0.314 e. The molecule has 0 amide bonds. The molecule has 106 valence electrons. The first-order valence-electron chi connectivity index (χ1n) is 7.60. The zero-order valence-corrected chi connectivity index (χ0v) is 12.0. The van der Waals surface area contributed by atoms with Gasteiger partial charge in [0.1, 0.15) is 6.33 Å². The molecular weight excluding hydrogens is 238 g/mol. The van der Waals surface area contributed by atoms with Gasteiger partial charge in [0.25, 0.3) is 0 Å². The fraction of sp³-hybridized carbons (Fsp3) is 0.857. The molecule has 2 aliphatic rings. The molecule has 0 saturated carbocycles. The van der Waals surface area contributed by atoms with Crippen molar-refractivity contribution >= 4 is 0 Å². The van der Waals surface area contributed by atoms with E-state index in [-0.39, 0.29) is 0 Å². The lowest BCUT2D eigenvalue weighted by Gasteiger charge is -2.38. The van der Waals surface area contributed by atoms with E-state index in [1.807, 2.05) is 7.05 Å². The van der Waals surface area contributed by atoms with Crippen LogP contribution in [-0.4, -0.2) is 44.3 Å². The predicted octanol–water partition coefficient (Wildman–Crippen LogP) is 1.31. The molecule has 2 bridgehead atoms. The van der Waals surface area contributed by atoms with Gasteiger partial charge in [-0.1, -0.05) is 6.92 Å². The molecule has 1 aromatic rings. The molecule has 1 aromatic heterocycles. The maximum atomic E-state index is 4.42. The van der Waals surface area contributed by atoms with Crippen LogP contribution in [0.2, 0.25) is 0 Å². The lowest BCUT2D eigenvalue weighted by atomic mass is 9.97. The Balaban J connectivity index is 1.60. The molecule has 2 aliphatic heterocycles. The van der Waals surface area contributed by atoms with Crippen LogP contribution in [0.4, 0.5) is 0 Å². The minimum atomic E-state index is 0.727. The molecule has 0 aromatic carbocycles. The number of hydrogen-bond acceptors (Lipinski definition) is 4. The van der Waals surface area contributed by atoms with Crippen LogP contribution in [-0.2, 0) is 13.6 Å². The molecule has 3 heterocycles. The fourth-order valence-corrected chi connectivity index (χ4v) is 3.67. The summed E-state index contributed by atoms with van der Waals surface area (Å²) in [6, 6.07) is 2.19. The Morgan fingerprint density at radius 1 is 1.32 bits per heavy atom. The van der Waals surface area contributed by atoms with E-state index in [2.05, 4.69) is 27.2 Å². The summed E-state index contributed by atoms with van der Waals surface area (Å²) >= 11 is 0. The van der Waals surface area contributed by atoms with Crippen molar-refractivity contribution in [3.63, 3.8) is 0 Å². The van der Waals surface area contributed by atoms with Crippen LogP contribution in [0.25, 0.3) is 0 Å². The molecule has 3 rings (SSSR count). The third-order valence-electron chi connectivity index (χ3n) is 4.54. The molecule has 5 heteroatoms. The van der Waals surface area contributed by atoms with Crippen molar-refractivity contribution in [1.82, 2.24) is 25.0 Å². The smallest absolute Gasteiger partial charge is 0.164 e. The number of aryl methyl sites for hydroxylation is 1. The number of aromatic nitrogens is 3. The molecule has 0 aliphatic carbocycles. The summed E-state index contributed by atoms with van der Waals surface area (Å²) in [6.45, 7) is 4.33. The van der Waals surface area contributed by atoms with E-state index in [1.54, 1.807) is 11.0 Å². The number of hydrogen-bond donors (Lipinski definition) is 1. The lowest BCUT2D eigenvalue weighted by Crippen LogP contribution is -2.48. The van der Waals surface area contributed by atoms with Crippen molar-refractivity contribution in [2.75, 3.05) is 6.54 Å². The summed E-state index contributed by atoms with van der Waals surface area (Å²) in [4.78, 5) is 7.01. The molecule has 0 spiro atoms. The molecule has 2 fully saturated rings. The fourth-order valence-electron chi connectivity index (χ4n) is 3.67. The highest BCUT2D eigenvalue weighted by Gasteiger charge is 2.40. The van der Waals surface area contributed by atoms with E-state index < -0.39 is 0 Å². The van der Waals surface area contributed by atoms with Crippen LogP contribution >= 0.6 is 0 Å². The summed E-state index contributed by atoms with van der Waals surface area (Å²) < 4.78 is 1.80. The molecule has 0 radical (unpaired) electrons. The Bertz CT molecular complexity index is 402. The monoisotopic (exact) mass is 263 g/mol. The van der Waals surface area contributed by atoms with E-state index in [1.165, 1.54) is 32.1 Å². The number of rotatable bonds is 5. The number of nitrogens with zero attached hydrogens (tertiary/aromatic N) is 4. The lowest BCUT2D eigenvalue weighted by molar-refractivity contribution is 0.106. The van der Waals surface area contributed by atoms with Crippen molar-refractivity contribution in [2.24, 2.45) is 7.05 Å². The highest BCUT2D eigenvalue weighted by atomic mass is 15.3. The highest BCUT2D eigenvalue weighted by Crippen LogP contribution is 2.36. The quantitative estimate of drug-likeness (QED) is 0.870. The number of nitrogens with one attached hydrogen (secondary N) is 1. The Morgan fingerprint density at radius 3 is 2.63 bits per heavy atom. The maximum absolute atomic E-state index is 4.42. The van der Waals surface area contributed by atoms with Gasteiger partial charge >= 0.3 is 0 Å². The number of piperidine rings is 1. The molecule has 2 unspecified atom stereocenters. The van der Waals surface area contributed by atoms with Gasteiger partial charge in [-0.2, -0.15) is 5.10 Å². The van der Waals surface area contributed by atoms with Crippen molar-refractivity contribution in [3.05, 3.63) is 12.2 Å². The summed E-state index contributed by atoms with van der Waals surface area (Å²) in [6.07, 6.45) is 8.32. The van der Waals surface area contributed by atoms with Gasteiger partial charge in [0.2, 0.25) is 0 Å².